The number of hydrogen-bond donors (Lipinski definition) is 5. The fourth-order valence-electron chi connectivity index (χ4n) is 5.58. The Morgan fingerprint density at radius 1 is 0.868 bits per heavy atom. The maximum Gasteiger partial charge on any atom is 0.514 e. The molecule has 18 nitrogen and oxygen atoms in total. The van der Waals surface area contributed by atoms with Crippen LogP contribution in [0.4, 0.5) is 21.0 Å². The number of benzene rings is 2. The van der Waals surface area contributed by atoms with Gasteiger partial charge in [-0.2, -0.15) is 0 Å². The molecule has 1 saturated carbocycles. The quantitative estimate of drug-likeness (QED) is 0.0266. The number of amides is 7. The van der Waals surface area contributed by atoms with Crippen LogP contribution in [0.2, 0.25) is 0 Å². The van der Waals surface area contributed by atoms with Crippen molar-refractivity contribution in [3.63, 3.8) is 0 Å². The van der Waals surface area contributed by atoms with E-state index in [-0.39, 0.29) is 55.8 Å². The van der Waals surface area contributed by atoms with Gasteiger partial charge in [0.15, 0.2) is 0 Å². The molecule has 0 aromatic heterocycles. The summed E-state index contributed by atoms with van der Waals surface area (Å²) < 4.78 is 10.1. The highest BCUT2D eigenvalue weighted by Crippen LogP contribution is 2.41. The Morgan fingerprint density at radius 2 is 1.53 bits per heavy atom. The number of rotatable bonds is 19. The largest absolute Gasteiger partial charge is 0.514 e. The molecule has 1 atom stereocenters. The number of hydrogen-bond acceptors (Lipinski definition) is 11. The number of urea groups is 1. The van der Waals surface area contributed by atoms with Gasteiger partial charge in [-0.25, -0.2) is 9.59 Å². The Labute approximate surface area is 303 Å². The van der Waals surface area contributed by atoms with Crippen molar-refractivity contribution in [3.05, 3.63) is 76.4 Å². The van der Waals surface area contributed by atoms with Gasteiger partial charge >= 0.3 is 12.2 Å². The third-order valence-corrected chi connectivity index (χ3v) is 8.74. The van der Waals surface area contributed by atoms with E-state index >= 15 is 0 Å². The summed E-state index contributed by atoms with van der Waals surface area (Å²) >= 11 is 0. The normalized spacial score (nSPS) is 14.8. The van der Waals surface area contributed by atoms with E-state index in [1.807, 2.05) is 0 Å². The number of primary amides is 1. The molecular weight excluding hydrogens is 694 g/mol. The zero-order chi connectivity index (χ0) is 38.4. The lowest BCUT2D eigenvalue weighted by molar-refractivity contribution is -0.384. The van der Waals surface area contributed by atoms with E-state index in [1.165, 1.54) is 36.4 Å². The molecule has 2 aromatic rings. The molecular formula is C35H41N7O11. The Hall–Kier alpha value is -6.33. The number of carbonyl (C=O) groups excluding carboxylic acids is 7. The van der Waals surface area contributed by atoms with Crippen molar-refractivity contribution in [1.29, 1.82) is 0 Å². The van der Waals surface area contributed by atoms with Crippen LogP contribution in [0, 0.1) is 15.5 Å². The second-order valence-corrected chi connectivity index (χ2v) is 12.5. The summed E-state index contributed by atoms with van der Waals surface area (Å²) in [5.74, 6) is -2.22. The van der Waals surface area contributed by atoms with Gasteiger partial charge in [0.2, 0.25) is 17.7 Å². The monoisotopic (exact) mass is 735 g/mol. The van der Waals surface area contributed by atoms with Crippen molar-refractivity contribution in [1.82, 2.24) is 20.9 Å². The van der Waals surface area contributed by atoms with Gasteiger partial charge in [-0.3, -0.25) is 39.0 Å². The molecule has 53 heavy (non-hydrogen) atoms. The van der Waals surface area contributed by atoms with Crippen LogP contribution in [0.1, 0.15) is 56.9 Å². The molecule has 0 spiro atoms. The number of carbonyl (C=O) groups is 7. The third-order valence-electron chi connectivity index (χ3n) is 8.74. The number of nitro groups is 1. The molecule has 0 saturated heterocycles. The van der Waals surface area contributed by atoms with Crippen LogP contribution in [0.5, 0.6) is 5.75 Å². The first-order chi connectivity index (χ1) is 25.4. The van der Waals surface area contributed by atoms with Crippen LogP contribution in [-0.2, 0) is 35.3 Å². The lowest BCUT2D eigenvalue weighted by Gasteiger charge is -2.39. The molecule has 1 aliphatic heterocycles. The summed E-state index contributed by atoms with van der Waals surface area (Å²) in [6, 6.07) is 9.39. The van der Waals surface area contributed by atoms with Crippen molar-refractivity contribution in [3.8, 4) is 5.75 Å². The predicted octanol–water partition coefficient (Wildman–Crippen LogP) is 2.56. The molecule has 6 N–H and O–H groups in total. The number of unbranched alkanes of at least 4 members (excludes halogenated alkanes) is 2. The van der Waals surface area contributed by atoms with Crippen molar-refractivity contribution < 1.29 is 48.0 Å². The van der Waals surface area contributed by atoms with E-state index in [0.29, 0.717) is 56.3 Å². The maximum absolute atomic E-state index is 13.6. The second kappa shape index (κ2) is 18.8. The van der Waals surface area contributed by atoms with Gasteiger partial charge in [-0.1, -0.05) is 18.6 Å². The first-order valence-corrected chi connectivity index (χ1v) is 17.0. The lowest BCUT2D eigenvalue weighted by Crippen LogP contribution is -2.58. The smallest absolute Gasteiger partial charge is 0.429 e. The Balaban J connectivity index is 1.27. The Bertz CT molecular complexity index is 1710. The second-order valence-electron chi connectivity index (χ2n) is 12.5. The Morgan fingerprint density at radius 3 is 2.13 bits per heavy atom. The first kappa shape index (κ1) is 39.5. The van der Waals surface area contributed by atoms with E-state index in [1.54, 1.807) is 24.3 Å². The Kier molecular flexibility index (Phi) is 14.0. The molecule has 2 aliphatic rings. The number of non-ortho nitro benzene ring substituents is 1. The molecule has 0 unspecified atom stereocenters. The third kappa shape index (κ3) is 11.3. The number of nitrogens with one attached hydrogen (secondary N) is 4. The average molecular weight is 736 g/mol. The number of nitro benzene ring substituents is 1. The molecule has 2 aromatic carbocycles. The van der Waals surface area contributed by atoms with E-state index in [0.717, 1.165) is 4.90 Å². The predicted molar refractivity (Wildman–Crippen MR) is 187 cm³/mol. The summed E-state index contributed by atoms with van der Waals surface area (Å²) in [4.78, 5) is 98.1. The van der Waals surface area contributed by atoms with Gasteiger partial charge < -0.3 is 36.5 Å². The molecule has 1 heterocycles. The van der Waals surface area contributed by atoms with Gasteiger partial charge in [0, 0.05) is 49.6 Å². The summed E-state index contributed by atoms with van der Waals surface area (Å²) in [5.41, 5.74) is 4.56. The van der Waals surface area contributed by atoms with Crippen LogP contribution < -0.4 is 31.7 Å². The molecule has 0 radical (unpaired) electrons. The van der Waals surface area contributed by atoms with Crippen LogP contribution in [-0.4, -0.2) is 77.2 Å². The number of nitrogens with two attached hydrogens (primary N) is 1. The summed E-state index contributed by atoms with van der Waals surface area (Å²) in [7, 11) is 0. The minimum Gasteiger partial charge on any atom is -0.429 e. The van der Waals surface area contributed by atoms with Crippen molar-refractivity contribution in [2.75, 3.05) is 25.0 Å². The molecule has 0 bridgehead atoms. The van der Waals surface area contributed by atoms with Crippen LogP contribution in [0.25, 0.3) is 0 Å². The van der Waals surface area contributed by atoms with E-state index < -0.39 is 46.3 Å². The van der Waals surface area contributed by atoms with Gasteiger partial charge in [-0.15, -0.1) is 0 Å². The number of ether oxygens (including phenoxy) is 2. The van der Waals surface area contributed by atoms with E-state index in [2.05, 4.69) is 21.3 Å². The van der Waals surface area contributed by atoms with Gasteiger partial charge in [0.05, 0.1) is 4.92 Å². The standard InChI is InChI=1S/C35H41N7O11/c36-33(48)38-20-4-6-27(40-32(47)35(17-5-18-35)31(46)37-19-2-1-3-21-41-28(43)15-16-29(41)44)30(45)39-24-9-7-23(8-10-24)22-52-34(49)53-26-13-11-25(12-14-26)42(50)51/h7-16,27H,1-6,17-22H2,(H,37,46)(H,39,45)(H,40,47)(H3,36,38,48)/t27-/m1/s1. The van der Waals surface area contributed by atoms with Crippen molar-refractivity contribution >= 4 is 53.1 Å². The van der Waals surface area contributed by atoms with Crippen LogP contribution in [0.3, 0.4) is 0 Å². The van der Waals surface area contributed by atoms with Crippen molar-refractivity contribution in [2.45, 2.75) is 64.0 Å². The molecule has 1 fully saturated rings. The summed E-state index contributed by atoms with van der Waals surface area (Å²) in [5, 5.41) is 21.5. The van der Waals surface area contributed by atoms with E-state index in [4.69, 9.17) is 15.2 Å². The molecule has 7 amide bonds. The average Bonchev–Trinajstić information content (AvgIpc) is 3.42. The molecule has 18 heteroatoms. The van der Waals surface area contributed by atoms with E-state index in [9.17, 15) is 43.7 Å². The number of nitrogens with zero attached hydrogens (tertiary/aromatic N) is 2. The zero-order valence-corrected chi connectivity index (χ0v) is 28.8. The highest BCUT2D eigenvalue weighted by Gasteiger charge is 2.51. The minimum atomic E-state index is -1.34. The van der Waals surface area contributed by atoms with Gasteiger partial charge in [-0.05, 0) is 74.8 Å². The lowest BCUT2D eigenvalue weighted by atomic mass is 9.67. The SMILES string of the molecule is NC(=O)NCCC[C@@H](NC(=O)C1(C(=O)NCCCCCN2C(=O)C=CC2=O)CCC1)C(=O)Nc1ccc(COC(=O)Oc2ccc([N+](=O)[O-])cc2)cc1. The zero-order valence-electron chi connectivity index (χ0n) is 28.8. The van der Waals surface area contributed by atoms with Gasteiger partial charge in [0.25, 0.3) is 17.5 Å². The van der Waals surface area contributed by atoms with Gasteiger partial charge in [0.1, 0.15) is 23.8 Å². The van der Waals surface area contributed by atoms with Crippen LogP contribution >= 0.6 is 0 Å². The fraction of sp³-hybridized carbons (Fsp3) is 0.400. The fourth-order valence-corrected chi connectivity index (χ4v) is 5.58. The maximum atomic E-state index is 13.6. The topological polar surface area (TPSA) is 258 Å². The highest BCUT2D eigenvalue weighted by atomic mass is 16.7. The first-order valence-electron chi connectivity index (χ1n) is 17.0. The molecule has 4 rings (SSSR count). The summed E-state index contributed by atoms with van der Waals surface area (Å²) in [6.07, 6.45) is 4.88. The number of imide groups is 1. The van der Waals surface area contributed by atoms with Crippen molar-refractivity contribution in [2.24, 2.45) is 11.1 Å². The molecule has 282 valence electrons. The highest BCUT2D eigenvalue weighted by molar-refractivity contribution is 6.12. The molecule has 1 aliphatic carbocycles. The minimum absolute atomic E-state index is 0.0624. The van der Waals surface area contributed by atoms with Crippen LogP contribution in [0.15, 0.2) is 60.7 Å². The number of anilines is 1. The summed E-state index contributed by atoms with van der Waals surface area (Å²) in [6.45, 7) is 0.553.